The number of amides is 1. The minimum atomic E-state index is -1.14. The third kappa shape index (κ3) is 4.43. The first-order valence-corrected chi connectivity index (χ1v) is 10.9. The maximum Gasteiger partial charge on any atom is 0.352 e. The van der Waals surface area contributed by atoms with Crippen LogP contribution in [0.3, 0.4) is 0 Å². The molecule has 1 amide bonds. The summed E-state index contributed by atoms with van der Waals surface area (Å²) in [7, 11) is 0. The Balaban J connectivity index is 1.73. The van der Waals surface area contributed by atoms with E-state index < -0.39 is 11.9 Å². The average Bonchev–Trinajstić information content (AvgIpc) is 3.28. The summed E-state index contributed by atoms with van der Waals surface area (Å²) in [6.07, 6.45) is 1.59. The first-order chi connectivity index (χ1) is 16.3. The molecule has 174 valence electrons. The standard InChI is InChI=1S/C26H24N2O6/c1-3-34-17-6-4-5-15(11-17)16-7-8-19-20(25(31)28-21(19)12-16)13-22-18(9-10-23(29)30)14(2)24(27-22)26(32)33/h4-8,11-13,27H,3,9-10H2,1-2H3,(H,28,31)(H,29,30)(H,32,33)/b20-13-. The van der Waals surface area contributed by atoms with Crippen LogP contribution in [0.5, 0.6) is 5.75 Å². The third-order valence-electron chi connectivity index (χ3n) is 5.78. The van der Waals surface area contributed by atoms with Gasteiger partial charge in [0.25, 0.3) is 5.91 Å². The number of nitrogens with one attached hydrogen (secondary N) is 2. The van der Waals surface area contributed by atoms with Crippen molar-refractivity contribution in [1.82, 2.24) is 4.98 Å². The zero-order valence-electron chi connectivity index (χ0n) is 18.8. The van der Waals surface area contributed by atoms with Gasteiger partial charge >= 0.3 is 11.9 Å². The fraction of sp³-hybridized carbons (Fsp3) is 0.192. The molecule has 0 radical (unpaired) electrons. The lowest BCUT2D eigenvalue weighted by molar-refractivity contribution is -0.137. The van der Waals surface area contributed by atoms with Crippen LogP contribution in [0.15, 0.2) is 42.5 Å². The fourth-order valence-corrected chi connectivity index (χ4v) is 4.14. The molecule has 1 aliphatic rings. The summed E-state index contributed by atoms with van der Waals surface area (Å²) in [5.41, 5.74) is 4.99. The second-order valence-corrected chi connectivity index (χ2v) is 7.95. The van der Waals surface area contributed by atoms with Crippen molar-refractivity contribution in [2.75, 3.05) is 11.9 Å². The van der Waals surface area contributed by atoms with Gasteiger partial charge < -0.3 is 25.3 Å². The molecule has 0 unspecified atom stereocenters. The molecule has 0 saturated heterocycles. The van der Waals surface area contributed by atoms with Gasteiger partial charge in [-0.3, -0.25) is 9.59 Å². The Hall–Kier alpha value is -4.33. The number of ether oxygens (including phenoxy) is 1. The minimum Gasteiger partial charge on any atom is -0.494 e. The van der Waals surface area contributed by atoms with Gasteiger partial charge in [0.15, 0.2) is 0 Å². The zero-order valence-corrected chi connectivity index (χ0v) is 18.8. The average molecular weight is 460 g/mol. The molecular weight excluding hydrogens is 436 g/mol. The van der Waals surface area contributed by atoms with Crippen LogP contribution in [0.1, 0.15) is 46.2 Å². The van der Waals surface area contributed by atoms with Gasteiger partial charge in [0.05, 0.1) is 12.2 Å². The number of carboxylic acid groups (broad SMARTS) is 2. The van der Waals surface area contributed by atoms with Gasteiger partial charge in [0, 0.05) is 23.4 Å². The molecule has 0 bridgehead atoms. The van der Waals surface area contributed by atoms with Gasteiger partial charge in [-0.15, -0.1) is 0 Å². The normalized spacial score (nSPS) is 13.6. The molecule has 0 atom stereocenters. The molecule has 3 aromatic rings. The smallest absolute Gasteiger partial charge is 0.352 e. The quantitative estimate of drug-likeness (QED) is 0.364. The monoisotopic (exact) mass is 460 g/mol. The van der Waals surface area contributed by atoms with Gasteiger partial charge in [0.2, 0.25) is 0 Å². The fourth-order valence-electron chi connectivity index (χ4n) is 4.14. The molecule has 1 aromatic heterocycles. The third-order valence-corrected chi connectivity index (χ3v) is 5.78. The van der Waals surface area contributed by atoms with E-state index in [2.05, 4.69) is 10.3 Å². The van der Waals surface area contributed by atoms with Gasteiger partial charge in [-0.25, -0.2) is 4.79 Å². The Morgan fingerprint density at radius 3 is 2.56 bits per heavy atom. The summed E-state index contributed by atoms with van der Waals surface area (Å²) in [6, 6.07) is 13.3. The molecule has 2 aromatic carbocycles. The van der Waals surface area contributed by atoms with Gasteiger partial charge in [0.1, 0.15) is 11.4 Å². The maximum absolute atomic E-state index is 12.8. The number of aliphatic carboxylic acids is 1. The lowest BCUT2D eigenvalue weighted by atomic mass is 9.98. The van der Waals surface area contributed by atoms with E-state index in [-0.39, 0.29) is 24.4 Å². The van der Waals surface area contributed by atoms with E-state index >= 15 is 0 Å². The van der Waals surface area contributed by atoms with Crippen LogP contribution < -0.4 is 10.1 Å². The number of anilines is 1. The maximum atomic E-state index is 12.8. The highest BCUT2D eigenvalue weighted by Crippen LogP contribution is 2.37. The second kappa shape index (κ2) is 9.27. The Labute approximate surface area is 195 Å². The number of benzene rings is 2. The number of aromatic amines is 1. The van der Waals surface area contributed by atoms with E-state index in [9.17, 15) is 19.5 Å². The minimum absolute atomic E-state index is 0.0182. The summed E-state index contributed by atoms with van der Waals surface area (Å²) in [4.78, 5) is 38.3. The van der Waals surface area contributed by atoms with E-state index in [0.717, 1.165) is 16.9 Å². The SMILES string of the molecule is CCOc1cccc(-c2ccc3c(c2)NC(=O)/C3=C\c2[nH]c(C(=O)O)c(C)c2CCC(=O)O)c1. The largest absolute Gasteiger partial charge is 0.494 e. The molecule has 1 aliphatic heterocycles. The second-order valence-electron chi connectivity index (χ2n) is 7.95. The van der Waals surface area contributed by atoms with Crippen LogP contribution in [0.4, 0.5) is 5.69 Å². The number of carboxylic acids is 2. The molecule has 0 aliphatic carbocycles. The predicted octanol–water partition coefficient (Wildman–Crippen LogP) is 4.60. The molecule has 0 saturated carbocycles. The van der Waals surface area contributed by atoms with E-state index in [1.54, 1.807) is 13.0 Å². The Morgan fingerprint density at radius 1 is 1.09 bits per heavy atom. The molecule has 0 spiro atoms. The van der Waals surface area contributed by atoms with Crippen LogP contribution in [0.25, 0.3) is 22.8 Å². The molecule has 4 N–H and O–H groups in total. The molecular formula is C26H24N2O6. The molecule has 8 heteroatoms. The number of carbonyl (C=O) groups excluding carboxylic acids is 1. The van der Waals surface area contributed by atoms with E-state index in [1.165, 1.54) is 0 Å². The zero-order chi connectivity index (χ0) is 24.4. The highest BCUT2D eigenvalue weighted by Gasteiger charge is 2.26. The lowest BCUT2D eigenvalue weighted by Crippen LogP contribution is -2.04. The van der Waals surface area contributed by atoms with E-state index in [1.807, 2.05) is 49.4 Å². The van der Waals surface area contributed by atoms with Gasteiger partial charge in [-0.2, -0.15) is 0 Å². The van der Waals surface area contributed by atoms with Crippen LogP contribution >= 0.6 is 0 Å². The number of aromatic carboxylic acids is 1. The number of hydrogen-bond acceptors (Lipinski definition) is 4. The highest BCUT2D eigenvalue weighted by molar-refractivity contribution is 6.35. The Kier molecular flexibility index (Phi) is 6.23. The molecule has 0 fully saturated rings. The first kappa shape index (κ1) is 22.8. The Bertz CT molecular complexity index is 1340. The van der Waals surface area contributed by atoms with Gasteiger partial charge in [-0.05, 0) is 66.8 Å². The lowest BCUT2D eigenvalue weighted by Gasteiger charge is -2.08. The highest BCUT2D eigenvalue weighted by atomic mass is 16.5. The summed E-state index contributed by atoms with van der Waals surface area (Å²) in [5.74, 6) is -1.69. The number of aromatic nitrogens is 1. The first-order valence-electron chi connectivity index (χ1n) is 10.9. The number of rotatable bonds is 8. The van der Waals surface area contributed by atoms with Crippen molar-refractivity contribution in [3.63, 3.8) is 0 Å². The van der Waals surface area contributed by atoms with Crippen molar-refractivity contribution >= 4 is 35.2 Å². The van der Waals surface area contributed by atoms with Crippen LogP contribution in [-0.4, -0.2) is 39.6 Å². The summed E-state index contributed by atoms with van der Waals surface area (Å²) in [6.45, 7) is 4.11. The van der Waals surface area contributed by atoms with Crippen LogP contribution in [0.2, 0.25) is 0 Å². The molecule has 4 rings (SSSR count). The summed E-state index contributed by atoms with van der Waals surface area (Å²) < 4.78 is 5.57. The van der Waals surface area contributed by atoms with E-state index in [4.69, 9.17) is 9.84 Å². The van der Waals surface area contributed by atoms with E-state index in [0.29, 0.717) is 40.3 Å². The van der Waals surface area contributed by atoms with Crippen LogP contribution in [0, 0.1) is 6.92 Å². The Morgan fingerprint density at radius 2 is 1.85 bits per heavy atom. The number of H-pyrrole nitrogens is 1. The van der Waals surface area contributed by atoms with Crippen molar-refractivity contribution in [3.05, 3.63) is 70.5 Å². The van der Waals surface area contributed by atoms with Crippen LogP contribution in [-0.2, 0) is 16.0 Å². The number of carbonyl (C=O) groups is 3. The van der Waals surface area contributed by atoms with Crippen molar-refractivity contribution in [2.45, 2.75) is 26.7 Å². The van der Waals surface area contributed by atoms with Crippen molar-refractivity contribution in [3.8, 4) is 16.9 Å². The topological polar surface area (TPSA) is 129 Å². The summed E-state index contributed by atoms with van der Waals surface area (Å²) >= 11 is 0. The predicted molar refractivity (Wildman–Crippen MR) is 128 cm³/mol. The summed E-state index contributed by atoms with van der Waals surface area (Å²) in [5, 5.41) is 21.4. The number of fused-ring (bicyclic) bond motifs is 1. The molecule has 8 nitrogen and oxygen atoms in total. The molecule has 34 heavy (non-hydrogen) atoms. The van der Waals surface area contributed by atoms with Gasteiger partial charge in [-0.1, -0.05) is 24.3 Å². The number of hydrogen-bond donors (Lipinski definition) is 4. The van der Waals surface area contributed by atoms with Crippen molar-refractivity contribution in [1.29, 1.82) is 0 Å². The molecule has 2 heterocycles. The van der Waals surface area contributed by atoms with Crippen molar-refractivity contribution < 1.29 is 29.3 Å². The van der Waals surface area contributed by atoms with Crippen molar-refractivity contribution in [2.24, 2.45) is 0 Å².